The van der Waals surface area contributed by atoms with Gasteiger partial charge in [0.2, 0.25) is 0 Å². The molecule has 0 aliphatic rings. The molecule has 0 spiro atoms. The average Bonchev–Trinajstić information content (AvgIpc) is 2.82. The Kier molecular flexibility index (Phi) is 2.78. The molecule has 1 heterocycles. The Morgan fingerprint density at radius 1 is 1.20 bits per heavy atom. The van der Waals surface area contributed by atoms with Crippen LogP contribution in [0.3, 0.4) is 0 Å². The first kappa shape index (κ1) is 12.4. The Labute approximate surface area is 113 Å². The maximum absolute atomic E-state index is 13.6. The molecular weight excluding hydrogens is 264 g/mol. The summed E-state index contributed by atoms with van der Waals surface area (Å²) in [6.45, 7) is 0. The van der Waals surface area contributed by atoms with Gasteiger partial charge in [-0.2, -0.15) is 0 Å². The first-order valence-corrected chi connectivity index (χ1v) is 5.87. The van der Waals surface area contributed by atoms with E-state index in [1.165, 1.54) is 13.2 Å². The number of benzene rings is 2. The Balaban J connectivity index is 2.15. The zero-order chi connectivity index (χ0) is 14.3. The van der Waals surface area contributed by atoms with Crippen LogP contribution in [0.4, 0.5) is 14.5 Å². The molecule has 0 amide bonds. The molecule has 20 heavy (non-hydrogen) atoms. The summed E-state index contributed by atoms with van der Waals surface area (Å²) < 4.78 is 31.8. The summed E-state index contributed by atoms with van der Waals surface area (Å²) in [5.74, 6) is -0.399. The maximum Gasteiger partial charge on any atom is 0.153 e. The molecule has 0 aliphatic carbocycles. The van der Waals surface area contributed by atoms with Crippen LogP contribution < -0.4 is 10.5 Å². The highest BCUT2D eigenvalue weighted by Gasteiger charge is 2.12. The van der Waals surface area contributed by atoms with E-state index in [1.807, 2.05) is 0 Å². The van der Waals surface area contributed by atoms with Gasteiger partial charge in [-0.1, -0.05) is 0 Å². The summed E-state index contributed by atoms with van der Waals surface area (Å²) >= 11 is 0. The van der Waals surface area contributed by atoms with Crippen LogP contribution in [0.15, 0.2) is 30.3 Å². The van der Waals surface area contributed by atoms with Crippen LogP contribution in [-0.2, 0) is 0 Å². The van der Waals surface area contributed by atoms with Crippen molar-refractivity contribution in [3.63, 3.8) is 0 Å². The Morgan fingerprint density at radius 3 is 2.70 bits per heavy atom. The lowest BCUT2D eigenvalue weighted by molar-refractivity contribution is 0.417. The third kappa shape index (κ3) is 1.95. The summed E-state index contributed by atoms with van der Waals surface area (Å²) in [6.07, 6.45) is 0. The van der Waals surface area contributed by atoms with Crippen molar-refractivity contribution in [2.45, 2.75) is 0 Å². The van der Waals surface area contributed by atoms with Gasteiger partial charge >= 0.3 is 0 Å². The van der Waals surface area contributed by atoms with Crippen LogP contribution in [-0.4, -0.2) is 17.1 Å². The van der Waals surface area contributed by atoms with Gasteiger partial charge in [-0.05, 0) is 24.3 Å². The number of imidazole rings is 1. The average molecular weight is 275 g/mol. The van der Waals surface area contributed by atoms with Crippen LogP contribution in [0.25, 0.3) is 22.4 Å². The number of fused-ring (bicyclic) bond motifs is 1. The van der Waals surface area contributed by atoms with E-state index >= 15 is 0 Å². The summed E-state index contributed by atoms with van der Waals surface area (Å²) in [5.41, 5.74) is 7.32. The molecule has 2 aromatic carbocycles. The smallest absolute Gasteiger partial charge is 0.153 e. The topological polar surface area (TPSA) is 63.9 Å². The second-order valence-electron chi connectivity index (χ2n) is 4.33. The number of hydrogen-bond acceptors (Lipinski definition) is 3. The van der Waals surface area contributed by atoms with E-state index in [0.29, 0.717) is 28.3 Å². The normalized spacial score (nSPS) is 10.9. The molecule has 3 rings (SSSR count). The highest BCUT2D eigenvalue weighted by molar-refractivity contribution is 5.80. The quantitative estimate of drug-likeness (QED) is 0.706. The molecule has 0 fully saturated rings. The molecule has 0 unspecified atom stereocenters. The summed E-state index contributed by atoms with van der Waals surface area (Å²) in [5, 5.41) is 0. The number of hydrogen-bond donors (Lipinski definition) is 2. The van der Waals surface area contributed by atoms with Gasteiger partial charge in [0.1, 0.15) is 22.9 Å². The maximum atomic E-state index is 13.6. The van der Waals surface area contributed by atoms with Gasteiger partial charge in [0, 0.05) is 11.6 Å². The van der Waals surface area contributed by atoms with Crippen molar-refractivity contribution in [3.8, 4) is 17.1 Å². The number of H-pyrrole nitrogens is 1. The summed E-state index contributed by atoms with van der Waals surface area (Å²) in [6, 6.07) is 7.08. The first-order chi connectivity index (χ1) is 9.58. The molecule has 3 aromatic rings. The number of methoxy groups -OCH3 is 1. The van der Waals surface area contributed by atoms with Crippen molar-refractivity contribution in [3.05, 3.63) is 42.0 Å². The van der Waals surface area contributed by atoms with Crippen LogP contribution in [0.5, 0.6) is 5.75 Å². The summed E-state index contributed by atoms with van der Waals surface area (Å²) in [4.78, 5) is 7.00. The number of ether oxygens (including phenoxy) is 1. The van der Waals surface area contributed by atoms with E-state index in [-0.39, 0.29) is 5.52 Å². The highest BCUT2D eigenvalue weighted by atomic mass is 19.1. The number of nitrogens with two attached hydrogens (primary N) is 1. The zero-order valence-corrected chi connectivity index (χ0v) is 10.6. The Bertz CT molecular complexity index is 798. The fourth-order valence-electron chi connectivity index (χ4n) is 2.06. The SMILES string of the molecule is COc1ccc(-c2nc3c(F)cc(F)cc3[nH]2)cc1N. The molecule has 0 saturated heterocycles. The first-order valence-electron chi connectivity index (χ1n) is 5.87. The van der Waals surface area contributed by atoms with Gasteiger partial charge in [-0.3, -0.25) is 0 Å². The minimum atomic E-state index is -0.705. The Hall–Kier alpha value is -2.63. The number of nitrogens with one attached hydrogen (secondary N) is 1. The molecule has 102 valence electrons. The minimum absolute atomic E-state index is 0.0933. The highest BCUT2D eigenvalue weighted by Crippen LogP contribution is 2.28. The fourth-order valence-corrected chi connectivity index (χ4v) is 2.06. The van der Waals surface area contributed by atoms with E-state index in [4.69, 9.17) is 10.5 Å². The lowest BCUT2D eigenvalue weighted by Crippen LogP contribution is -1.93. The van der Waals surface area contributed by atoms with E-state index in [0.717, 1.165) is 6.07 Å². The van der Waals surface area contributed by atoms with Crippen LogP contribution in [0, 0.1) is 11.6 Å². The largest absolute Gasteiger partial charge is 0.495 e. The summed E-state index contributed by atoms with van der Waals surface area (Å²) in [7, 11) is 1.52. The molecule has 4 nitrogen and oxygen atoms in total. The minimum Gasteiger partial charge on any atom is -0.495 e. The van der Waals surface area contributed by atoms with Gasteiger partial charge in [-0.15, -0.1) is 0 Å². The van der Waals surface area contributed by atoms with E-state index in [9.17, 15) is 8.78 Å². The fraction of sp³-hybridized carbons (Fsp3) is 0.0714. The molecule has 6 heteroatoms. The van der Waals surface area contributed by atoms with Gasteiger partial charge in [0.25, 0.3) is 0 Å². The van der Waals surface area contributed by atoms with Crippen LogP contribution in [0.1, 0.15) is 0 Å². The van der Waals surface area contributed by atoms with Crippen molar-refractivity contribution in [2.75, 3.05) is 12.8 Å². The van der Waals surface area contributed by atoms with Gasteiger partial charge < -0.3 is 15.5 Å². The van der Waals surface area contributed by atoms with Crippen molar-refractivity contribution in [1.82, 2.24) is 9.97 Å². The second-order valence-corrected chi connectivity index (χ2v) is 4.33. The number of aromatic amines is 1. The lowest BCUT2D eigenvalue weighted by atomic mass is 10.2. The third-order valence-electron chi connectivity index (χ3n) is 3.01. The molecule has 0 bridgehead atoms. The second kappa shape index (κ2) is 4.48. The van der Waals surface area contributed by atoms with Crippen LogP contribution >= 0.6 is 0 Å². The standard InChI is InChI=1S/C14H11F2N3O/c1-20-12-3-2-7(4-10(12)17)14-18-11-6-8(15)5-9(16)13(11)19-14/h2-6H,17H2,1H3,(H,18,19). The number of rotatable bonds is 2. The molecular formula is C14H11F2N3O. The molecule has 0 atom stereocenters. The zero-order valence-electron chi connectivity index (χ0n) is 10.6. The molecule has 0 saturated carbocycles. The number of nitrogens with zero attached hydrogens (tertiary/aromatic N) is 1. The van der Waals surface area contributed by atoms with E-state index < -0.39 is 11.6 Å². The Morgan fingerprint density at radius 2 is 2.00 bits per heavy atom. The van der Waals surface area contributed by atoms with Crippen molar-refractivity contribution >= 4 is 16.7 Å². The number of halogens is 2. The lowest BCUT2D eigenvalue weighted by Gasteiger charge is -2.05. The van der Waals surface area contributed by atoms with Crippen molar-refractivity contribution in [1.29, 1.82) is 0 Å². The molecule has 0 radical (unpaired) electrons. The van der Waals surface area contributed by atoms with Crippen molar-refractivity contribution in [2.24, 2.45) is 0 Å². The van der Waals surface area contributed by atoms with Crippen molar-refractivity contribution < 1.29 is 13.5 Å². The van der Waals surface area contributed by atoms with Gasteiger partial charge in [-0.25, -0.2) is 13.8 Å². The van der Waals surface area contributed by atoms with Gasteiger partial charge in [0.05, 0.1) is 18.3 Å². The van der Waals surface area contributed by atoms with E-state index in [2.05, 4.69) is 9.97 Å². The monoisotopic (exact) mass is 275 g/mol. The number of nitrogen functional groups attached to an aromatic ring is 1. The number of anilines is 1. The van der Waals surface area contributed by atoms with Crippen LogP contribution in [0.2, 0.25) is 0 Å². The van der Waals surface area contributed by atoms with E-state index in [1.54, 1.807) is 18.2 Å². The molecule has 3 N–H and O–H groups in total. The predicted molar refractivity (Wildman–Crippen MR) is 72.4 cm³/mol. The van der Waals surface area contributed by atoms with Gasteiger partial charge in [0.15, 0.2) is 5.82 Å². The third-order valence-corrected chi connectivity index (χ3v) is 3.01. The molecule has 1 aromatic heterocycles. The molecule has 0 aliphatic heterocycles. The number of aromatic nitrogens is 2. The predicted octanol–water partition coefficient (Wildman–Crippen LogP) is 3.10.